The van der Waals surface area contributed by atoms with Gasteiger partial charge in [0.05, 0.1) is 5.69 Å². The Bertz CT molecular complexity index is 683. The molecule has 0 bridgehead atoms. The second kappa shape index (κ2) is 7.08. The Labute approximate surface area is 128 Å². The van der Waals surface area contributed by atoms with Gasteiger partial charge in [-0.05, 0) is 18.2 Å². The summed E-state index contributed by atoms with van der Waals surface area (Å²) >= 11 is 0. The molecule has 2 aromatic rings. The Balaban J connectivity index is 0.000000172. The van der Waals surface area contributed by atoms with E-state index < -0.39 is 0 Å². The molecule has 0 spiro atoms. The molecule has 1 aliphatic rings. The standard InChI is InChI=1S/C9H8N2O2.C8H8O/c12-8-6-9(13)11(10-8)7-4-2-1-3-5-7;1-2-7-5-3-4-6-8(7)9/h1-5H,6H2,(H,10,12);2-6,9H,1H2. The Hall–Kier alpha value is -3.08. The summed E-state index contributed by atoms with van der Waals surface area (Å²) in [5.41, 5.74) is 3.93. The summed E-state index contributed by atoms with van der Waals surface area (Å²) in [6.07, 6.45) is 1.56. The third-order valence-electron chi connectivity index (χ3n) is 2.97. The minimum absolute atomic E-state index is 0.0606. The first kappa shape index (κ1) is 15.3. The number of benzene rings is 2. The minimum Gasteiger partial charge on any atom is -0.507 e. The predicted octanol–water partition coefficient (Wildman–Crippen LogP) is 2.49. The van der Waals surface area contributed by atoms with Crippen LogP contribution < -0.4 is 10.4 Å². The van der Waals surface area contributed by atoms with Gasteiger partial charge < -0.3 is 5.11 Å². The number of hydrogen-bond acceptors (Lipinski definition) is 3. The summed E-state index contributed by atoms with van der Waals surface area (Å²) in [5.74, 6) is -0.183. The van der Waals surface area contributed by atoms with Crippen LogP contribution in [0.2, 0.25) is 0 Å². The second-order valence-corrected chi connectivity index (χ2v) is 4.54. The van der Waals surface area contributed by atoms with Crippen LogP contribution in [0.4, 0.5) is 5.69 Å². The normalized spacial score (nSPS) is 13.2. The molecule has 0 aliphatic carbocycles. The lowest BCUT2D eigenvalue weighted by molar-refractivity contribution is -0.122. The van der Waals surface area contributed by atoms with Crippen molar-refractivity contribution < 1.29 is 14.7 Å². The Kier molecular flexibility index (Phi) is 4.93. The molecule has 0 atom stereocenters. The van der Waals surface area contributed by atoms with Gasteiger partial charge in [-0.2, -0.15) is 0 Å². The molecule has 0 aromatic heterocycles. The largest absolute Gasteiger partial charge is 0.507 e. The first-order valence-electron chi connectivity index (χ1n) is 6.69. The Morgan fingerprint density at radius 2 is 1.68 bits per heavy atom. The summed E-state index contributed by atoms with van der Waals surface area (Å²) in [6, 6.07) is 16.1. The molecule has 5 nitrogen and oxygen atoms in total. The highest BCUT2D eigenvalue weighted by Gasteiger charge is 2.27. The van der Waals surface area contributed by atoms with E-state index in [-0.39, 0.29) is 24.0 Å². The SMILES string of the molecule is C=Cc1ccccc1O.O=C1CC(=O)N(c2ccccc2)N1. The first-order chi connectivity index (χ1) is 10.6. The van der Waals surface area contributed by atoms with Crippen LogP contribution in [0.25, 0.3) is 6.08 Å². The van der Waals surface area contributed by atoms with Crippen molar-refractivity contribution in [2.75, 3.05) is 5.01 Å². The molecular formula is C17H16N2O3. The number of amides is 2. The molecule has 1 fully saturated rings. The van der Waals surface area contributed by atoms with Crippen LogP contribution >= 0.6 is 0 Å². The lowest BCUT2D eigenvalue weighted by Gasteiger charge is -2.14. The molecule has 0 unspecified atom stereocenters. The topological polar surface area (TPSA) is 69.6 Å². The van der Waals surface area contributed by atoms with E-state index in [1.165, 1.54) is 5.01 Å². The molecule has 0 saturated carbocycles. The maximum atomic E-state index is 11.2. The van der Waals surface area contributed by atoms with Crippen molar-refractivity contribution in [3.05, 3.63) is 66.7 Å². The third-order valence-corrected chi connectivity index (χ3v) is 2.97. The van der Waals surface area contributed by atoms with Gasteiger partial charge in [0.15, 0.2) is 0 Å². The molecule has 2 N–H and O–H groups in total. The molecule has 5 heteroatoms. The number of hydrogen-bond donors (Lipinski definition) is 2. The van der Waals surface area contributed by atoms with Crippen molar-refractivity contribution in [2.45, 2.75) is 6.42 Å². The number of nitrogens with zero attached hydrogens (tertiary/aromatic N) is 1. The van der Waals surface area contributed by atoms with E-state index in [1.54, 1.807) is 30.3 Å². The average molecular weight is 296 g/mol. The van der Waals surface area contributed by atoms with Crippen molar-refractivity contribution in [3.63, 3.8) is 0 Å². The second-order valence-electron chi connectivity index (χ2n) is 4.54. The summed E-state index contributed by atoms with van der Waals surface area (Å²) < 4.78 is 0. The van der Waals surface area contributed by atoms with E-state index in [0.29, 0.717) is 5.69 Å². The number of anilines is 1. The molecule has 1 heterocycles. The number of carbonyl (C=O) groups excluding carboxylic acids is 2. The molecule has 2 amide bonds. The lowest BCUT2D eigenvalue weighted by Crippen LogP contribution is -2.35. The molecule has 1 saturated heterocycles. The van der Waals surface area contributed by atoms with E-state index in [4.69, 9.17) is 5.11 Å². The number of nitrogens with one attached hydrogen (secondary N) is 1. The maximum Gasteiger partial charge on any atom is 0.255 e. The van der Waals surface area contributed by atoms with Crippen LogP contribution in [0.5, 0.6) is 5.75 Å². The predicted molar refractivity (Wildman–Crippen MR) is 84.9 cm³/mol. The fraction of sp³-hybridized carbons (Fsp3) is 0.0588. The van der Waals surface area contributed by atoms with Gasteiger partial charge in [-0.25, -0.2) is 5.01 Å². The van der Waals surface area contributed by atoms with Crippen molar-refractivity contribution in [3.8, 4) is 5.75 Å². The van der Waals surface area contributed by atoms with E-state index in [1.807, 2.05) is 30.3 Å². The Morgan fingerprint density at radius 1 is 1.05 bits per heavy atom. The third kappa shape index (κ3) is 3.73. The lowest BCUT2D eigenvalue weighted by atomic mass is 10.2. The highest BCUT2D eigenvalue weighted by atomic mass is 16.3. The average Bonchev–Trinajstić information content (AvgIpc) is 2.88. The van der Waals surface area contributed by atoms with Gasteiger partial charge in [-0.15, -0.1) is 0 Å². The zero-order valence-corrected chi connectivity index (χ0v) is 11.9. The van der Waals surface area contributed by atoms with E-state index in [9.17, 15) is 9.59 Å². The van der Waals surface area contributed by atoms with Crippen LogP contribution in [0.3, 0.4) is 0 Å². The number of carbonyl (C=O) groups is 2. The first-order valence-corrected chi connectivity index (χ1v) is 6.69. The summed E-state index contributed by atoms with van der Waals surface area (Å²) in [4.78, 5) is 22.1. The van der Waals surface area contributed by atoms with Gasteiger partial charge in [0.25, 0.3) is 5.91 Å². The van der Waals surface area contributed by atoms with Crippen molar-refractivity contribution in [1.29, 1.82) is 0 Å². The summed E-state index contributed by atoms with van der Waals surface area (Å²) in [7, 11) is 0. The molecule has 1 aliphatic heterocycles. The fourth-order valence-electron chi connectivity index (χ4n) is 1.89. The van der Waals surface area contributed by atoms with Gasteiger partial charge in [0.2, 0.25) is 5.91 Å². The van der Waals surface area contributed by atoms with Gasteiger partial charge in [0.1, 0.15) is 12.2 Å². The zero-order chi connectivity index (χ0) is 15.9. The summed E-state index contributed by atoms with van der Waals surface area (Å²) in [5, 5.41) is 10.3. The van der Waals surface area contributed by atoms with Crippen LogP contribution in [0, 0.1) is 0 Å². The smallest absolute Gasteiger partial charge is 0.255 e. The minimum atomic E-state index is -0.256. The van der Waals surface area contributed by atoms with Crippen molar-refractivity contribution in [2.24, 2.45) is 0 Å². The van der Waals surface area contributed by atoms with Crippen LogP contribution in [-0.2, 0) is 9.59 Å². The number of para-hydroxylation sites is 2. The summed E-state index contributed by atoms with van der Waals surface area (Å²) in [6.45, 7) is 3.53. The van der Waals surface area contributed by atoms with Gasteiger partial charge in [-0.3, -0.25) is 15.0 Å². The molecular weight excluding hydrogens is 280 g/mol. The number of hydrazine groups is 1. The maximum absolute atomic E-state index is 11.2. The van der Waals surface area contributed by atoms with Gasteiger partial charge >= 0.3 is 0 Å². The van der Waals surface area contributed by atoms with Gasteiger partial charge in [-0.1, -0.05) is 49.1 Å². The Morgan fingerprint density at radius 3 is 2.18 bits per heavy atom. The molecule has 112 valence electrons. The number of phenols is 1. The quantitative estimate of drug-likeness (QED) is 0.837. The number of phenolic OH excluding ortho intramolecular Hbond substituents is 1. The number of aromatic hydroxyl groups is 1. The highest BCUT2D eigenvalue weighted by Crippen LogP contribution is 2.16. The monoisotopic (exact) mass is 296 g/mol. The van der Waals surface area contributed by atoms with E-state index in [0.717, 1.165) is 5.56 Å². The van der Waals surface area contributed by atoms with E-state index >= 15 is 0 Å². The molecule has 3 rings (SSSR count). The highest BCUT2D eigenvalue weighted by molar-refractivity contribution is 6.11. The zero-order valence-electron chi connectivity index (χ0n) is 11.9. The van der Waals surface area contributed by atoms with Gasteiger partial charge in [0, 0.05) is 5.56 Å². The van der Waals surface area contributed by atoms with Crippen LogP contribution in [0.1, 0.15) is 12.0 Å². The van der Waals surface area contributed by atoms with Crippen molar-refractivity contribution >= 4 is 23.6 Å². The fourth-order valence-corrected chi connectivity index (χ4v) is 1.89. The van der Waals surface area contributed by atoms with Crippen molar-refractivity contribution in [1.82, 2.24) is 5.43 Å². The van der Waals surface area contributed by atoms with E-state index in [2.05, 4.69) is 12.0 Å². The van der Waals surface area contributed by atoms with Crippen LogP contribution in [-0.4, -0.2) is 16.9 Å². The van der Waals surface area contributed by atoms with Crippen LogP contribution in [0.15, 0.2) is 61.2 Å². The molecule has 22 heavy (non-hydrogen) atoms. The number of rotatable bonds is 2. The molecule has 2 aromatic carbocycles. The molecule has 0 radical (unpaired) electrons.